The summed E-state index contributed by atoms with van der Waals surface area (Å²) in [5.74, 6) is 2.09. The van der Waals surface area contributed by atoms with Crippen molar-refractivity contribution in [2.45, 2.75) is 24.7 Å². The largest absolute Gasteiger partial charge is 0.316 e. The van der Waals surface area contributed by atoms with Gasteiger partial charge in [-0.1, -0.05) is 28.5 Å². The van der Waals surface area contributed by atoms with Crippen molar-refractivity contribution >= 4 is 45.8 Å². The Balaban J connectivity index is 2.56. The molecule has 0 saturated carbocycles. The topological polar surface area (TPSA) is 20.3 Å². The van der Waals surface area contributed by atoms with Gasteiger partial charge in [0.1, 0.15) is 0 Å². The molecule has 0 radical (unpaired) electrons. The van der Waals surface area contributed by atoms with Gasteiger partial charge in [-0.3, -0.25) is 4.79 Å². The predicted octanol–water partition coefficient (Wildman–Crippen LogP) is 4.12. The molecule has 0 saturated heterocycles. The molecule has 2 nitrogen and oxygen atoms in total. The van der Waals surface area contributed by atoms with E-state index in [9.17, 15) is 4.79 Å². The summed E-state index contributed by atoms with van der Waals surface area (Å²) in [4.78, 5) is 14.7. The van der Waals surface area contributed by atoms with Crippen LogP contribution in [-0.4, -0.2) is 24.5 Å². The normalized spacial score (nSPS) is 10.4. The maximum Gasteiger partial charge on any atom is 0.226 e. The van der Waals surface area contributed by atoms with E-state index in [1.165, 1.54) is 4.90 Å². The highest BCUT2D eigenvalue weighted by Gasteiger charge is 2.09. The molecule has 0 unspecified atom stereocenters. The van der Waals surface area contributed by atoms with Crippen molar-refractivity contribution in [2.24, 2.45) is 0 Å². The van der Waals surface area contributed by atoms with E-state index in [0.717, 1.165) is 23.6 Å². The van der Waals surface area contributed by atoms with Gasteiger partial charge in [-0.05, 0) is 30.7 Å². The summed E-state index contributed by atoms with van der Waals surface area (Å²) in [5.41, 5.74) is 0.956. The number of carbonyl (C=O) groups is 1. The Morgan fingerprint density at radius 3 is 2.56 bits per heavy atom. The maximum absolute atomic E-state index is 11.7. The summed E-state index contributed by atoms with van der Waals surface area (Å²) in [5, 5.41) is 0. The molecule has 0 aliphatic carbocycles. The third kappa shape index (κ3) is 5.16. The lowest BCUT2D eigenvalue weighted by Gasteiger charge is -2.17. The monoisotopic (exact) mass is 301 g/mol. The Kier molecular flexibility index (Phi) is 7.70. The third-order valence-corrected chi connectivity index (χ3v) is 5.30. The number of rotatable bonds is 7. The zero-order valence-electron chi connectivity index (χ0n) is 10.8. The number of nitrogens with zero attached hydrogens (tertiary/aromatic N) is 1. The highest BCUT2D eigenvalue weighted by molar-refractivity contribution is 8.76. The smallest absolute Gasteiger partial charge is 0.226 e. The van der Waals surface area contributed by atoms with E-state index in [4.69, 9.17) is 0 Å². The molecule has 18 heavy (non-hydrogen) atoms. The van der Waals surface area contributed by atoms with Gasteiger partial charge in [-0.25, -0.2) is 0 Å². The lowest BCUT2D eigenvalue weighted by Crippen LogP contribution is -2.25. The van der Waals surface area contributed by atoms with Gasteiger partial charge in [-0.2, -0.15) is 12.6 Å². The van der Waals surface area contributed by atoms with Crippen LogP contribution in [0.2, 0.25) is 0 Å². The van der Waals surface area contributed by atoms with Crippen molar-refractivity contribution in [3.8, 4) is 0 Å². The van der Waals surface area contributed by atoms with Crippen LogP contribution in [0.15, 0.2) is 29.2 Å². The summed E-state index contributed by atoms with van der Waals surface area (Å²) in [6.45, 7) is 2.02. The third-order valence-electron chi connectivity index (χ3n) is 2.39. The predicted molar refractivity (Wildman–Crippen MR) is 86.9 cm³/mol. The van der Waals surface area contributed by atoms with Crippen LogP contribution in [0.5, 0.6) is 0 Å². The first-order valence-electron chi connectivity index (χ1n) is 5.96. The van der Waals surface area contributed by atoms with E-state index in [-0.39, 0.29) is 5.91 Å². The molecule has 0 heterocycles. The summed E-state index contributed by atoms with van der Waals surface area (Å²) < 4.78 is 0. The molecule has 0 aliphatic heterocycles. The van der Waals surface area contributed by atoms with Crippen LogP contribution in [0, 0.1) is 0 Å². The molecule has 0 fully saturated rings. The van der Waals surface area contributed by atoms with Crippen molar-refractivity contribution in [1.82, 2.24) is 0 Å². The number of hydrogen-bond acceptors (Lipinski definition) is 4. The molecule has 0 aromatic heterocycles. The number of anilines is 1. The van der Waals surface area contributed by atoms with Crippen LogP contribution in [0.3, 0.4) is 0 Å². The lowest BCUT2D eigenvalue weighted by molar-refractivity contribution is -0.118. The van der Waals surface area contributed by atoms with Crippen LogP contribution in [0.1, 0.15) is 19.8 Å². The average Bonchev–Trinajstić information content (AvgIpc) is 2.39. The number of hydrogen-bond donors (Lipinski definition) is 1. The van der Waals surface area contributed by atoms with Crippen LogP contribution in [-0.2, 0) is 4.79 Å². The van der Waals surface area contributed by atoms with Crippen LogP contribution < -0.4 is 4.90 Å². The second-order valence-corrected chi connectivity index (χ2v) is 6.76. The van der Waals surface area contributed by atoms with Gasteiger partial charge in [0.25, 0.3) is 0 Å². The Bertz CT molecular complexity index is 367. The summed E-state index contributed by atoms with van der Waals surface area (Å²) in [6, 6.07) is 8.11. The number of benzene rings is 1. The molecule has 0 aliphatic rings. The Morgan fingerprint density at radius 1 is 1.33 bits per heavy atom. The molecular weight excluding hydrogens is 282 g/mol. The maximum atomic E-state index is 11.7. The Hall–Kier alpha value is -0.260. The molecule has 1 aromatic carbocycles. The highest BCUT2D eigenvalue weighted by atomic mass is 33.1. The molecule has 0 atom stereocenters. The van der Waals surface area contributed by atoms with Crippen molar-refractivity contribution in [1.29, 1.82) is 0 Å². The molecule has 100 valence electrons. The van der Waals surface area contributed by atoms with Gasteiger partial charge in [-0.15, -0.1) is 0 Å². The minimum atomic E-state index is 0.169. The van der Waals surface area contributed by atoms with Gasteiger partial charge in [0, 0.05) is 35.6 Å². The van der Waals surface area contributed by atoms with E-state index >= 15 is 0 Å². The van der Waals surface area contributed by atoms with E-state index in [1.54, 1.807) is 26.5 Å². The standard InChI is InChI=1S/C13H19NOS3/c1-3-4-13(15)14(2)11-5-7-12(8-6-11)18-17-10-9-16/h5-8,16H,3-4,9-10H2,1-2H3. The molecule has 1 rings (SSSR count). The average molecular weight is 302 g/mol. The van der Waals surface area contributed by atoms with E-state index in [0.29, 0.717) is 6.42 Å². The first-order chi connectivity index (χ1) is 8.69. The van der Waals surface area contributed by atoms with Crippen molar-refractivity contribution in [3.63, 3.8) is 0 Å². The molecule has 5 heteroatoms. The fourth-order valence-corrected chi connectivity index (χ4v) is 3.82. The number of amides is 1. The minimum absolute atomic E-state index is 0.169. The molecular formula is C13H19NOS3. The quantitative estimate of drug-likeness (QED) is 0.465. The van der Waals surface area contributed by atoms with Crippen molar-refractivity contribution < 1.29 is 4.79 Å². The van der Waals surface area contributed by atoms with Gasteiger partial charge in [0.15, 0.2) is 0 Å². The SMILES string of the molecule is CCCC(=O)N(C)c1ccc(SSCCS)cc1. The first-order valence-corrected chi connectivity index (χ1v) is 8.91. The van der Waals surface area contributed by atoms with E-state index in [2.05, 4.69) is 24.8 Å². The summed E-state index contributed by atoms with van der Waals surface area (Å²) >= 11 is 4.17. The second-order valence-electron chi connectivity index (χ2n) is 3.83. The van der Waals surface area contributed by atoms with Crippen molar-refractivity contribution in [3.05, 3.63) is 24.3 Å². The van der Waals surface area contributed by atoms with Crippen LogP contribution >= 0.6 is 34.2 Å². The molecule has 0 N–H and O–H groups in total. The molecule has 0 spiro atoms. The zero-order chi connectivity index (χ0) is 13.4. The fraction of sp³-hybridized carbons (Fsp3) is 0.462. The van der Waals surface area contributed by atoms with E-state index < -0.39 is 0 Å². The molecule has 0 bridgehead atoms. The second kappa shape index (κ2) is 8.77. The van der Waals surface area contributed by atoms with Gasteiger partial charge < -0.3 is 4.90 Å². The fourth-order valence-electron chi connectivity index (χ4n) is 1.40. The van der Waals surface area contributed by atoms with Crippen LogP contribution in [0.25, 0.3) is 0 Å². The summed E-state index contributed by atoms with van der Waals surface area (Å²) in [7, 11) is 5.37. The van der Waals surface area contributed by atoms with Crippen molar-refractivity contribution in [2.75, 3.05) is 23.5 Å². The van der Waals surface area contributed by atoms with Gasteiger partial charge >= 0.3 is 0 Å². The Morgan fingerprint density at radius 2 is 2.00 bits per heavy atom. The zero-order valence-corrected chi connectivity index (χ0v) is 13.3. The van der Waals surface area contributed by atoms with Gasteiger partial charge in [0.2, 0.25) is 5.91 Å². The van der Waals surface area contributed by atoms with Gasteiger partial charge in [0.05, 0.1) is 0 Å². The molecule has 1 aromatic rings. The van der Waals surface area contributed by atoms with E-state index in [1.807, 2.05) is 26.1 Å². The molecule has 1 amide bonds. The minimum Gasteiger partial charge on any atom is -0.316 e. The lowest BCUT2D eigenvalue weighted by atomic mass is 10.2. The number of thiol groups is 1. The van der Waals surface area contributed by atoms with Crippen LogP contribution in [0.4, 0.5) is 5.69 Å². The first kappa shape index (κ1) is 15.8. The highest BCUT2D eigenvalue weighted by Crippen LogP contribution is 2.32. The summed E-state index contributed by atoms with van der Waals surface area (Å²) in [6.07, 6.45) is 1.49. The Labute approximate surface area is 123 Å². The number of carbonyl (C=O) groups excluding carboxylic acids is 1.